The van der Waals surface area contributed by atoms with E-state index in [4.69, 9.17) is 16.3 Å². The van der Waals surface area contributed by atoms with Gasteiger partial charge in [0, 0.05) is 11.9 Å². The lowest BCUT2D eigenvalue weighted by atomic mass is 9.97. The number of pyridine rings is 1. The Morgan fingerprint density at radius 2 is 1.92 bits per heavy atom. The molecule has 0 saturated carbocycles. The molecule has 2 atom stereocenters. The molecular formula is C19H21ClN2O3. The second-order valence-electron chi connectivity index (χ2n) is 5.80. The SMILES string of the molecule is CCC(C)c1ccccc1NC(=O)C(C)OC(=O)c1ccc(Cl)nc1. The van der Waals surface area contributed by atoms with Gasteiger partial charge in [-0.25, -0.2) is 9.78 Å². The molecule has 0 spiro atoms. The molecule has 2 aromatic rings. The quantitative estimate of drug-likeness (QED) is 0.611. The van der Waals surface area contributed by atoms with E-state index >= 15 is 0 Å². The van der Waals surface area contributed by atoms with Gasteiger partial charge in [0.15, 0.2) is 6.10 Å². The van der Waals surface area contributed by atoms with Crippen molar-refractivity contribution in [3.8, 4) is 0 Å². The van der Waals surface area contributed by atoms with Crippen molar-refractivity contribution in [2.45, 2.75) is 39.2 Å². The van der Waals surface area contributed by atoms with Crippen LogP contribution in [0.25, 0.3) is 0 Å². The van der Waals surface area contributed by atoms with Crippen LogP contribution in [0, 0.1) is 0 Å². The molecule has 25 heavy (non-hydrogen) atoms. The van der Waals surface area contributed by atoms with Gasteiger partial charge in [-0.2, -0.15) is 0 Å². The van der Waals surface area contributed by atoms with Crippen LogP contribution in [-0.2, 0) is 9.53 Å². The number of nitrogens with one attached hydrogen (secondary N) is 1. The summed E-state index contributed by atoms with van der Waals surface area (Å²) in [6, 6.07) is 10.6. The minimum Gasteiger partial charge on any atom is -0.449 e. The number of hydrogen-bond donors (Lipinski definition) is 1. The Labute approximate surface area is 152 Å². The number of benzene rings is 1. The first kappa shape index (κ1) is 18.9. The summed E-state index contributed by atoms with van der Waals surface area (Å²) in [6.45, 7) is 5.72. The fourth-order valence-corrected chi connectivity index (χ4v) is 2.39. The number of para-hydroxylation sites is 1. The van der Waals surface area contributed by atoms with Crippen molar-refractivity contribution < 1.29 is 14.3 Å². The van der Waals surface area contributed by atoms with Crippen LogP contribution in [0.4, 0.5) is 5.69 Å². The predicted molar refractivity (Wildman–Crippen MR) is 97.9 cm³/mol. The van der Waals surface area contributed by atoms with Gasteiger partial charge in [0.25, 0.3) is 5.91 Å². The van der Waals surface area contributed by atoms with Crippen molar-refractivity contribution in [2.24, 2.45) is 0 Å². The molecule has 1 N–H and O–H groups in total. The Hall–Kier alpha value is -2.40. The van der Waals surface area contributed by atoms with Crippen molar-refractivity contribution in [2.75, 3.05) is 5.32 Å². The Morgan fingerprint density at radius 3 is 2.56 bits per heavy atom. The molecule has 2 rings (SSSR count). The topological polar surface area (TPSA) is 68.3 Å². The average molecular weight is 361 g/mol. The summed E-state index contributed by atoms with van der Waals surface area (Å²) >= 11 is 5.69. The minimum atomic E-state index is -0.937. The number of nitrogens with zero attached hydrogens (tertiary/aromatic N) is 1. The van der Waals surface area contributed by atoms with Crippen molar-refractivity contribution in [3.63, 3.8) is 0 Å². The molecule has 0 radical (unpaired) electrons. The highest BCUT2D eigenvalue weighted by Crippen LogP contribution is 2.26. The van der Waals surface area contributed by atoms with Gasteiger partial charge in [0.05, 0.1) is 5.56 Å². The number of ether oxygens (including phenoxy) is 1. The van der Waals surface area contributed by atoms with Gasteiger partial charge in [-0.05, 0) is 43.0 Å². The van der Waals surface area contributed by atoms with Gasteiger partial charge in [-0.15, -0.1) is 0 Å². The average Bonchev–Trinajstić information content (AvgIpc) is 2.61. The lowest BCUT2D eigenvalue weighted by Gasteiger charge is -2.18. The molecule has 2 unspecified atom stereocenters. The third kappa shape index (κ3) is 5.03. The highest BCUT2D eigenvalue weighted by atomic mass is 35.5. The lowest BCUT2D eigenvalue weighted by molar-refractivity contribution is -0.123. The first-order chi connectivity index (χ1) is 11.9. The van der Waals surface area contributed by atoms with Crippen LogP contribution in [0.5, 0.6) is 0 Å². The Morgan fingerprint density at radius 1 is 1.20 bits per heavy atom. The van der Waals surface area contributed by atoms with Gasteiger partial charge in [0.1, 0.15) is 5.15 Å². The fourth-order valence-electron chi connectivity index (χ4n) is 2.27. The summed E-state index contributed by atoms with van der Waals surface area (Å²) < 4.78 is 5.20. The van der Waals surface area contributed by atoms with E-state index in [0.717, 1.165) is 17.7 Å². The maximum Gasteiger partial charge on any atom is 0.340 e. The van der Waals surface area contributed by atoms with E-state index in [1.807, 2.05) is 24.3 Å². The summed E-state index contributed by atoms with van der Waals surface area (Å²) in [5, 5.41) is 3.12. The van der Waals surface area contributed by atoms with Gasteiger partial charge >= 0.3 is 5.97 Å². The van der Waals surface area contributed by atoms with E-state index in [1.165, 1.54) is 25.3 Å². The second kappa shape index (κ2) is 8.62. The van der Waals surface area contributed by atoms with E-state index in [0.29, 0.717) is 5.92 Å². The number of rotatable bonds is 6. The summed E-state index contributed by atoms with van der Waals surface area (Å²) in [6.07, 6.45) is 1.34. The van der Waals surface area contributed by atoms with E-state index in [2.05, 4.69) is 24.1 Å². The number of aromatic nitrogens is 1. The van der Waals surface area contributed by atoms with E-state index in [-0.39, 0.29) is 16.6 Å². The third-order valence-electron chi connectivity index (χ3n) is 3.98. The molecule has 0 aliphatic heterocycles. The van der Waals surface area contributed by atoms with Crippen LogP contribution < -0.4 is 5.32 Å². The first-order valence-corrected chi connectivity index (χ1v) is 8.52. The molecule has 0 aliphatic rings. The molecule has 5 nitrogen and oxygen atoms in total. The number of halogens is 1. The lowest BCUT2D eigenvalue weighted by Crippen LogP contribution is -2.30. The monoisotopic (exact) mass is 360 g/mol. The second-order valence-corrected chi connectivity index (χ2v) is 6.19. The van der Waals surface area contributed by atoms with Crippen LogP contribution in [0.1, 0.15) is 49.0 Å². The Balaban J connectivity index is 2.03. The van der Waals surface area contributed by atoms with Crippen LogP contribution in [0.3, 0.4) is 0 Å². The maximum absolute atomic E-state index is 12.4. The van der Waals surface area contributed by atoms with Crippen LogP contribution in [0.2, 0.25) is 5.15 Å². The largest absolute Gasteiger partial charge is 0.449 e. The van der Waals surface area contributed by atoms with Gasteiger partial charge in [0.2, 0.25) is 0 Å². The van der Waals surface area contributed by atoms with Crippen LogP contribution >= 0.6 is 11.6 Å². The van der Waals surface area contributed by atoms with Gasteiger partial charge in [-0.1, -0.05) is 43.6 Å². The number of hydrogen-bond acceptors (Lipinski definition) is 4. The molecule has 1 aromatic carbocycles. The molecule has 0 aliphatic carbocycles. The summed E-state index contributed by atoms with van der Waals surface area (Å²) in [5.74, 6) is -0.692. The molecular weight excluding hydrogens is 340 g/mol. The summed E-state index contributed by atoms with van der Waals surface area (Å²) in [7, 11) is 0. The molecule has 0 bridgehead atoms. The van der Waals surface area contributed by atoms with Crippen molar-refractivity contribution >= 4 is 29.2 Å². The van der Waals surface area contributed by atoms with Crippen LogP contribution in [0.15, 0.2) is 42.6 Å². The Bertz CT molecular complexity index is 747. The standard InChI is InChI=1S/C19H21ClN2O3/c1-4-12(2)15-7-5-6-8-16(15)22-18(23)13(3)25-19(24)14-9-10-17(20)21-11-14/h5-13H,4H2,1-3H3,(H,22,23). The summed E-state index contributed by atoms with van der Waals surface area (Å²) in [4.78, 5) is 28.3. The highest BCUT2D eigenvalue weighted by Gasteiger charge is 2.20. The molecule has 0 fully saturated rings. The van der Waals surface area contributed by atoms with Gasteiger partial charge in [-0.3, -0.25) is 4.79 Å². The highest BCUT2D eigenvalue weighted by molar-refractivity contribution is 6.29. The van der Waals surface area contributed by atoms with Crippen LogP contribution in [-0.4, -0.2) is 23.0 Å². The number of esters is 1. The normalized spacial score (nSPS) is 13.0. The van der Waals surface area contributed by atoms with Crippen molar-refractivity contribution in [3.05, 3.63) is 58.9 Å². The molecule has 1 aromatic heterocycles. The zero-order valence-electron chi connectivity index (χ0n) is 14.5. The maximum atomic E-state index is 12.4. The molecule has 1 amide bonds. The molecule has 6 heteroatoms. The predicted octanol–water partition coefficient (Wildman–Crippen LogP) is 4.43. The van der Waals surface area contributed by atoms with Crippen molar-refractivity contribution in [1.29, 1.82) is 0 Å². The fraction of sp³-hybridized carbons (Fsp3) is 0.316. The van der Waals surface area contributed by atoms with E-state index < -0.39 is 12.1 Å². The first-order valence-electron chi connectivity index (χ1n) is 8.14. The van der Waals surface area contributed by atoms with E-state index in [1.54, 1.807) is 0 Å². The van der Waals surface area contributed by atoms with E-state index in [9.17, 15) is 9.59 Å². The third-order valence-corrected chi connectivity index (χ3v) is 4.20. The zero-order chi connectivity index (χ0) is 18.4. The number of anilines is 1. The molecule has 0 saturated heterocycles. The number of carbonyl (C=O) groups is 2. The number of carbonyl (C=O) groups excluding carboxylic acids is 2. The molecule has 1 heterocycles. The molecule has 132 valence electrons. The number of amides is 1. The Kier molecular flexibility index (Phi) is 6.53. The smallest absolute Gasteiger partial charge is 0.340 e. The minimum absolute atomic E-state index is 0.240. The summed E-state index contributed by atoms with van der Waals surface area (Å²) in [5.41, 5.74) is 2.03. The van der Waals surface area contributed by atoms with Crippen molar-refractivity contribution in [1.82, 2.24) is 4.98 Å². The zero-order valence-corrected chi connectivity index (χ0v) is 15.2. The van der Waals surface area contributed by atoms with Gasteiger partial charge < -0.3 is 10.1 Å².